The zero-order valence-electron chi connectivity index (χ0n) is 9.36. The molecule has 0 aromatic heterocycles. The Kier molecular flexibility index (Phi) is 3.93. The third kappa shape index (κ3) is 2.27. The topological polar surface area (TPSA) is 40.5 Å². The Labute approximate surface area is 86.1 Å². The maximum absolute atomic E-state index is 11.0. The van der Waals surface area contributed by atoms with Gasteiger partial charge in [-0.15, -0.1) is 0 Å². The minimum absolute atomic E-state index is 0.141. The monoisotopic (exact) mass is 199 g/mol. The van der Waals surface area contributed by atoms with Gasteiger partial charge in [0.2, 0.25) is 0 Å². The van der Waals surface area contributed by atoms with Crippen LogP contribution in [0.2, 0.25) is 0 Å². The van der Waals surface area contributed by atoms with E-state index in [2.05, 4.69) is 25.7 Å². The van der Waals surface area contributed by atoms with Crippen LogP contribution in [0.3, 0.4) is 0 Å². The van der Waals surface area contributed by atoms with Gasteiger partial charge in [-0.1, -0.05) is 13.3 Å². The number of aliphatic carboxylic acids is 1. The Hall–Kier alpha value is -0.570. The van der Waals surface area contributed by atoms with Gasteiger partial charge >= 0.3 is 5.97 Å². The minimum atomic E-state index is -0.619. The first-order valence-electron chi connectivity index (χ1n) is 5.56. The van der Waals surface area contributed by atoms with Crippen molar-refractivity contribution in [3.05, 3.63) is 0 Å². The number of rotatable bonds is 4. The fourth-order valence-corrected chi connectivity index (χ4v) is 2.61. The van der Waals surface area contributed by atoms with Gasteiger partial charge in [0, 0.05) is 12.1 Å². The van der Waals surface area contributed by atoms with E-state index in [9.17, 15) is 4.79 Å². The Morgan fingerprint density at radius 2 is 2.14 bits per heavy atom. The van der Waals surface area contributed by atoms with Crippen molar-refractivity contribution < 1.29 is 9.90 Å². The first-order valence-corrected chi connectivity index (χ1v) is 5.56. The molecule has 0 radical (unpaired) electrons. The summed E-state index contributed by atoms with van der Waals surface area (Å²) in [6.45, 7) is 7.34. The SMILES string of the molecule is CCN(C(C)C)C1CCCC1C(=O)O. The third-order valence-corrected chi connectivity index (χ3v) is 3.25. The molecule has 3 nitrogen and oxygen atoms in total. The Bertz CT molecular complexity index is 203. The van der Waals surface area contributed by atoms with Crippen molar-refractivity contribution in [3.63, 3.8) is 0 Å². The summed E-state index contributed by atoms with van der Waals surface area (Å²) in [6.07, 6.45) is 2.96. The summed E-state index contributed by atoms with van der Waals surface area (Å²) < 4.78 is 0. The van der Waals surface area contributed by atoms with Crippen LogP contribution in [-0.4, -0.2) is 34.6 Å². The molecule has 1 saturated carbocycles. The fourth-order valence-electron chi connectivity index (χ4n) is 2.61. The van der Waals surface area contributed by atoms with Crippen LogP contribution in [0.1, 0.15) is 40.0 Å². The lowest BCUT2D eigenvalue weighted by atomic mass is 10.0. The van der Waals surface area contributed by atoms with Crippen LogP contribution in [0, 0.1) is 5.92 Å². The highest BCUT2D eigenvalue weighted by atomic mass is 16.4. The minimum Gasteiger partial charge on any atom is -0.481 e. The van der Waals surface area contributed by atoms with E-state index in [1.807, 2.05) is 0 Å². The molecule has 0 amide bonds. The molecule has 1 fully saturated rings. The number of carboxylic acids is 1. The van der Waals surface area contributed by atoms with E-state index >= 15 is 0 Å². The number of nitrogens with zero attached hydrogens (tertiary/aromatic N) is 1. The predicted molar refractivity (Wildman–Crippen MR) is 56.3 cm³/mol. The van der Waals surface area contributed by atoms with Gasteiger partial charge in [-0.25, -0.2) is 0 Å². The summed E-state index contributed by atoms with van der Waals surface area (Å²) in [7, 11) is 0. The molecule has 82 valence electrons. The van der Waals surface area contributed by atoms with E-state index < -0.39 is 5.97 Å². The molecule has 1 N–H and O–H groups in total. The largest absolute Gasteiger partial charge is 0.481 e. The molecular formula is C11H21NO2. The molecule has 2 unspecified atom stereocenters. The highest BCUT2D eigenvalue weighted by Crippen LogP contribution is 2.31. The van der Waals surface area contributed by atoms with Crippen molar-refractivity contribution in [3.8, 4) is 0 Å². The normalized spacial score (nSPS) is 27.5. The van der Waals surface area contributed by atoms with Gasteiger partial charge < -0.3 is 5.11 Å². The van der Waals surface area contributed by atoms with Gasteiger partial charge in [0.25, 0.3) is 0 Å². The van der Waals surface area contributed by atoms with E-state index in [0.717, 1.165) is 25.8 Å². The number of hydrogen-bond donors (Lipinski definition) is 1. The van der Waals surface area contributed by atoms with Gasteiger partial charge in [0.05, 0.1) is 5.92 Å². The van der Waals surface area contributed by atoms with Crippen molar-refractivity contribution in [1.82, 2.24) is 4.90 Å². The second-order valence-corrected chi connectivity index (χ2v) is 4.37. The maximum atomic E-state index is 11.0. The van der Waals surface area contributed by atoms with Gasteiger partial charge in [0.15, 0.2) is 0 Å². The molecule has 14 heavy (non-hydrogen) atoms. The molecule has 0 heterocycles. The average molecular weight is 199 g/mol. The Morgan fingerprint density at radius 1 is 1.50 bits per heavy atom. The van der Waals surface area contributed by atoms with Crippen molar-refractivity contribution in [1.29, 1.82) is 0 Å². The molecular weight excluding hydrogens is 178 g/mol. The first kappa shape index (κ1) is 11.5. The van der Waals surface area contributed by atoms with Crippen molar-refractivity contribution in [2.24, 2.45) is 5.92 Å². The second kappa shape index (κ2) is 4.78. The van der Waals surface area contributed by atoms with E-state index in [0.29, 0.717) is 6.04 Å². The van der Waals surface area contributed by atoms with Crippen molar-refractivity contribution in [2.45, 2.75) is 52.1 Å². The Morgan fingerprint density at radius 3 is 2.57 bits per heavy atom. The van der Waals surface area contributed by atoms with Crippen molar-refractivity contribution in [2.75, 3.05) is 6.54 Å². The molecule has 0 saturated heterocycles. The number of hydrogen-bond acceptors (Lipinski definition) is 2. The summed E-state index contributed by atoms with van der Waals surface area (Å²) in [5.41, 5.74) is 0. The zero-order chi connectivity index (χ0) is 10.7. The smallest absolute Gasteiger partial charge is 0.308 e. The van der Waals surface area contributed by atoms with Gasteiger partial charge in [0.1, 0.15) is 0 Å². The summed E-state index contributed by atoms with van der Waals surface area (Å²) in [4.78, 5) is 13.3. The van der Waals surface area contributed by atoms with E-state index in [1.165, 1.54) is 0 Å². The molecule has 0 aromatic carbocycles. The third-order valence-electron chi connectivity index (χ3n) is 3.25. The fraction of sp³-hybridized carbons (Fsp3) is 0.909. The summed E-state index contributed by atoms with van der Waals surface area (Å²) in [5.74, 6) is -0.760. The van der Waals surface area contributed by atoms with Crippen LogP contribution >= 0.6 is 0 Å². The molecule has 0 aromatic rings. The summed E-state index contributed by atoms with van der Waals surface area (Å²) >= 11 is 0. The Balaban J connectivity index is 2.69. The lowest BCUT2D eigenvalue weighted by Gasteiger charge is -2.33. The van der Waals surface area contributed by atoms with Gasteiger partial charge in [-0.3, -0.25) is 9.69 Å². The van der Waals surface area contributed by atoms with E-state index in [1.54, 1.807) is 0 Å². The molecule has 1 rings (SSSR count). The lowest BCUT2D eigenvalue weighted by Crippen LogP contribution is -2.44. The summed E-state index contributed by atoms with van der Waals surface area (Å²) in [6, 6.07) is 0.711. The molecule has 2 atom stereocenters. The average Bonchev–Trinajstić information content (AvgIpc) is 2.53. The molecule has 1 aliphatic carbocycles. The zero-order valence-corrected chi connectivity index (χ0v) is 9.36. The quantitative estimate of drug-likeness (QED) is 0.752. The first-order chi connectivity index (χ1) is 6.57. The van der Waals surface area contributed by atoms with Crippen LogP contribution < -0.4 is 0 Å². The highest BCUT2D eigenvalue weighted by molar-refractivity contribution is 5.71. The van der Waals surface area contributed by atoms with Crippen LogP contribution in [0.4, 0.5) is 0 Å². The van der Waals surface area contributed by atoms with Crippen LogP contribution in [-0.2, 0) is 4.79 Å². The van der Waals surface area contributed by atoms with Gasteiger partial charge in [-0.2, -0.15) is 0 Å². The van der Waals surface area contributed by atoms with Crippen LogP contribution in [0.25, 0.3) is 0 Å². The van der Waals surface area contributed by atoms with E-state index in [-0.39, 0.29) is 12.0 Å². The number of carboxylic acid groups (broad SMARTS) is 1. The second-order valence-electron chi connectivity index (χ2n) is 4.37. The van der Waals surface area contributed by atoms with Crippen LogP contribution in [0.5, 0.6) is 0 Å². The van der Waals surface area contributed by atoms with Crippen LogP contribution in [0.15, 0.2) is 0 Å². The maximum Gasteiger partial charge on any atom is 0.308 e. The number of carbonyl (C=O) groups is 1. The molecule has 3 heteroatoms. The molecule has 1 aliphatic rings. The van der Waals surface area contributed by atoms with Crippen molar-refractivity contribution >= 4 is 5.97 Å². The van der Waals surface area contributed by atoms with Gasteiger partial charge in [-0.05, 0) is 33.2 Å². The molecule has 0 aliphatic heterocycles. The van der Waals surface area contributed by atoms with E-state index in [4.69, 9.17) is 5.11 Å². The lowest BCUT2D eigenvalue weighted by molar-refractivity contribution is -0.143. The molecule has 0 bridgehead atoms. The molecule has 0 spiro atoms. The predicted octanol–water partition coefficient (Wildman–Crippen LogP) is 1.97. The summed E-state index contributed by atoms with van der Waals surface area (Å²) in [5, 5.41) is 9.08. The standard InChI is InChI=1S/C11H21NO2/c1-4-12(8(2)3)10-7-5-6-9(10)11(13)14/h8-10H,4-7H2,1-3H3,(H,13,14). The highest BCUT2D eigenvalue weighted by Gasteiger charge is 2.36.